The van der Waals surface area contributed by atoms with E-state index in [4.69, 9.17) is 4.74 Å². The summed E-state index contributed by atoms with van der Waals surface area (Å²) in [5, 5.41) is 11.2. The van der Waals surface area contributed by atoms with E-state index in [1.165, 1.54) is 31.1 Å². The molecule has 1 aliphatic heterocycles. The van der Waals surface area contributed by atoms with Crippen LogP contribution in [0.5, 0.6) is 5.75 Å². The number of esters is 1. The van der Waals surface area contributed by atoms with Crippen molar-refractivity contribution in [2.24, 2.45) is 0 Å². The minimum atomic E-state index is -0.744. The number of likely N-dealkylation sites (tertiary alicyclic amines) is 1. The summed E-state index contributed by atoms with van der Waals surface area (Å²) in [6.07, 6.45) is 1.33. The largest absolute Gasteiger partial charge is 0.508 e. The molecule has 0 radical (unpaired) electrons. The number of carbonyl (C=O) groups excluding carboxylic acids is 4. The fourth-order valence-electron chi connectivity index (χ4n) is 4.39. The summed E-state index contributed by atoms with van der Waals surface area (Å²) < 4.78 is 4.93. The first-order valence-electron chi connectivity index (χ1n) is 11.4. The number of aryl methyl sites for hydroxylation is 1. The second-order valence-corrected chi connectivity index (χ2v) is 9.86. The molecule has 2 aromatic rings. The van der Waals surface area contributed by atoms with Crippen LogP contribution >= 0.6 is 11.8 Å². The molecule has 35 heavy (non-hydrogen) atoms. The standard InChI is InChI=1S/C26H30N2O6S/c1-16-6-4-5-7-20(16)21-12-13-22(26(33)34-3)28(21)24(31)15-27-25(32)23(35-17(2)29)14-18-8-10-19(30)11-9-18/h4-11,21-23,30H,12-15H2,1-3H3,(H,27,32)/t21?,22-,23?/m0/s1. The molecule has 0 saturated carbocycles. The number of hydrogen-bond acceptors (Lipinski definition) is 7. The van der Waals surface area contributed by atoms with E-state index in [-0.39, 0.29) is 29.9 Å². The number of rotatable bonds is 8. The monoisotopic (exact) mass is 498 g/mol. The van der Waals surface area contributed by atoms with Gasteiger partial charge in [-0.15, -0.1) is 0 Å². The lowest BCUT2D eigenvalue weighted by Crippen LogP contribution is -2.48. The van der Waals surface area contributed by atoms with Gasteiger partial charge in [0.2, 0.25) is 11.8 Å². The van der Waals surface area contributed by atoms with Crippen LogP contribution < -0.4 is 5.32 Å². The van der Waals surface area contributed by atoms with E-state index in [2.05, 4.69) is 5.32 Å². The average Bonchev–Trinajstić information content (AvgIpc) is 3.27. The Morgan fingerprint density at radius 3 is 2.43 bits per heavy atom. The SMILES string of the molecule is COC(=O)[C@@H]1CCC(c2ccccc2C)N1C(=O)CNC(=O)C(Cc1ccc(O)cc1)SC(C)=O. The number of aromatic hydroxyl groups is 1. The van der Waals surface area contributed by atoms with Gasteiger partial charge in [-0.3, -0.25) is 14.4 Å². The molecule has 3 atom stereocenters. The third-order valence-electron chi connectivity index (χ3n) is 6.07. The van der Waals surface area contributed by atoms with Gasteiger partial charge in [-0.1, -0.05) is 48.2 Å². The first-order valence-corrected chi connectivity index (χ1v) is 12.3. The molecule has 0 aromatic heterocycles. The van der Waals surface area contributed by atoms with Gasteiger partial charge in [0.15, 0.2) is 5.12 Å². The highest BCUT2D eigenvalue weighted by atomic mass is 32.2. The molecule has 186 valence electrons. The van der Waals surface area contributed by atoms with E-state index in [1.807, 2.05) is 31.2 Å². The molecule has 1 fully saturated rings. The van der Waals surface area contributed by atoms with E-state index in [9.17, 15) is 24.3 Å². The Balaban J connectivity index is 1.74. The van der Waals surface area contributed by atoms with Crippen LogP contribution in [-0.2, 0) is 30.3 Å². The Bertz CT molecular complexity index is 1090. The number of ether oxygens (including phenoxy) is 1. The van der Waals surface area contributed by atoms with E-state index in [0.29, 0.717) is 12.8 Å². The van der Waals surface area contributed by atoms with E-state index in [1.54, 1.807) is 12.1 Å². The number of phenols is 1. The lowest BCUT2D eigenvalue weighted by molar-refractivity contribution is -0.152. The van der Waals surface area contributed by atoms with Crippen LogP contribution in [0.1, 0.15) is 42.5 Å². The summed E-state index contributed by atoms with van der Waals surface area (Å²) in [6, 6.07) is 13.1. The summed E-state index contributed by atoms with van der Waals surface area (Å²) in [5.74, 6) is -1.23. The van der Waals surface area contributed by atoms with Gasteiger partial charge in [-0.05, 0) is 55.0 Å². The molecule has 2 unspecified atom stereocenters. The fraction of sp³-hybridized carbons (Fsp3) is 0.385. The van der Waals surface area contributed by atoms with Gasteiger partial charge in [-0.2, -0.15) is 0 Å². The van der Waals surface area contributed by atoms with Crippen molar-refractivity contribution in [3.63, 3.8) is 0 Å². The molecule has 8 nitrogen and oxygen atoms in total. The summed E-state index contributed by atoms with van der Waals surface area (Å²) in [6.45, 7) is 3.03. The molecule has 1 heterocycles. The number of nitrogens with zero attached hydrogens (tertiary/aromatic N) is 1. The number of carbonyl (C=O) groups is 4. The van der Waals surface area contributed by atoms with Gasteiger partial charge in [0.1, 0.15) is 11.8 Å². The van der Waals surface area contributed by atoms with Crippen molar-refractivity contribution in [3.05, 3.63) is 65.2 Å². The van der Waals surface area contributed by atoms with Crippen LogP contribution in [0.2, 0.25) is 0 Å². The highest BCUT2D eigenvalue weighted by Gasteiger charge is 2.42. The Labute approximate surface area is 209 Å². The molecule has 3 rings (SSSR count). The maximum absolute atomic E-state index is 13.3. The quantitative estimate of drug-likeness (QED) is 0.538. The van der Waals surface area contributed by atoms with Gasteiger partial charge < -0.3 is 20.1 Å². The number of thioether (sulfide) groups is 1. The fourth-order valence-corrected chi connectivity index (χ4v) is 5.26. The zero-order valence-corrected chi connectivity index (χ0v) is 20.8. The number of phenolic OH excluding ortho intramolecular Hbond substituents is 1. The van der Waals surface area contributed by atoms with Gasteiger partial charge in [0.05, 0.1) is 24.9 Å². The number of amides is 2. The van der Waals surface area contributed by atoms with Crippen LogP contribution in [0.4, 0.5) is 0 Å². The van der Waals surface area contributed by atoms with Crippen LogP contribution in [0, 0.1) is 6.92 Å². The molecule has 1 aliphatic rings. The molecule has 2 N–H and O–H groups in total. The Morgan fingerprint density at radius 1 is 1.11 bits per heavy atom. The van der Waals surface area contributed by atoms with Crippen LogP contribution in [-0.4, -0.2) is 57.9 Å². The van der Waals surface area contributed by atoms with Crippen LogP contribution in [0.3, 0.4) is 0 Å². The molecule has 2 amide bonds. The maximum Gasteiger partial charge on any atom is 0.328 e. The topological polar surface area (TPSA) is 113 Å². The van der Waals surface area contributed by atoms with Gasteiger partial charge in [-0.25, -0.2) is 4.79 Å². The summed E-state index contributed by atoms with van der Waals surface area (Å²) >= 11 is 0.887. The highest BCUT2D eigenvalue weighted by molar-refractivity contribution is 8.14. The zero-order chi connectivity index (χ0) is 25.5. The van der Waals surface area contributed by atoms with Crippen molar-refractivity contribution < 1.29 is 29.0 Å². The molecule has 9 heteroatoms. The molecule has 0 spiro atoms. The normalized spacial score (nSPS) is 18.1. The predicted octanol–water partition coefficient (Wildman–Crippen LogP) is 2.91. The molecular weight excluding hydrogens is 468 g/mol. The number of nitrogens with one attached hydrogen (secondary N) is 1. The van der Waals surface area contributed by atoms with Crippen molar-refractivity contribution in [1.82, 2.24) is 10.2 Å². The van der Waals surface area contributed by atoms with E-state index >= 15 is 0 Å². The van der Waals surface area contributed by atoms with Crippen molar-refractivity contribution in [1.29, 1.82) is 0 Å². The third-order valence-corrected chi connectivity index (χ3v) is 7.06. The first-order chi connectivity index (χ1) is 16.7. The van der Waals surface area contributed by atoms with Crippen molar-refractivity contribution in [3.8, 4) is 5.75 Å². The third kappa shape index (κ3) is 6.63. The minimum absolute atomic E-state index is 0.105. The Hall–Kier alpha value is -3.33. The minimum Gasteiger partial charge on any atom is -0.508 e. The first kappa shape index (κ1) is 26.3. The molecule has 2 aromatic carbocycles. The van der Waals surface area contributed by atoms with E-state index < -0.39 is 29.1 Å². The number of methoxy groups -OCH3 is 1. The van der Waals surface area contributed by atoms with Crippen molar-refractivity contribution in [2.45, 2.75) is 50.4 Å². The lowest BCUT2D eigenvalue weighted by Gasteiger charge is -2.30. The molecule has 0 aliphatic carbocycles. The zero-order valence-electron chi connectivity index (χ0n) is 20.0. The number of hydrogen-bond donors (Lipinski definition) is 2. The summed E-state index contributed by atoms with van der Waals surface area (Å²) in [4.78, 5) is 52.0. The molecule has 0 bridgehead atoms. The van der Waals surface area contributed by atoms with Gasteiger partial charge in [0.25, 0.3) is 0 Å². The van der Waals surface area contributed by atoms with Gasteiger partial charge in [0, 0.05) is 6.92 Å². The molecule has 1 saturated heterocycles. The predicted molar refractivity (Wildman–Crippen MR) is 133 cm³/mol. The second-order valence-electron chi connectivity index (χ2n) is 8.48. The van der Waals surface area contributed by atoms with Crippen LogP contribution in [0.15, 0.2) is 48.5 Å². The average molecular weight is 499 g/mol. The smallest absolute Gasteiger partial charge is 0.328 e. The van der Waals surface area contributed by atoms with Crippen molar-refractivity contribution >= 4 is 34.7 Å². The molecular formula is C26H30N2O6S. The summed E-state index contributed by atoms with van der Waals surface area (Å²) in [5.41, 5.74) is 2.74. The van der Waals surface area contributed by atoms with Crippen molar-refractivity contribution in [2.75, 3.05) is 13.7 Å². The second kappa shape index (κ2) is 11.9. The maximum atomic E-state index is 13.3. The van der Waals surface area contributed by atoms with Crippen LogP contribution in [0.25, 0.3) is 0 Å². The Morgan fingerprint density at radius 2 is 1.80 bits per heavy atom. The van der Waals surface area contributed by atoms with Gasteiger partial charge >= 0.3 is 5.97 Å². The lowest BCUT2D eigenvalue weighted by atomic mass is 9.99. The summed E-state index contributed by atoms with van der Waals surface area (Å²) in [7, 11) is 1.29. The Kier molecular flexibility index (Phi) is 8.92. The number of benzene rings is 2. The van der Waals surface area contributed by atoms with E-state index in [0.717, 1.165) is 28.5 Å². The highest BCUT2D eigenvalue weighted by Crippen LogP contribution is 2.38.